The molecule has 9 rings (SSSR count). The first kappa shape index (κ1) is 34.4. The van der Waals surface area contributed by atoms with E-state index in [4.69, 9.17) is 4.74 Å². The van der Waals surface area contributed by atoms with Crippen LogP contribution in [0.15, 0.2) is 73.1 Å². The van der Waals surface area contributed by atoms with Gasteiger partial charge in [-0.15, -0.1) is 0 Å². The standard InChI is InChI=1S/C41H41F2N7O4/c42-41(43)30-19-26(23-5-7-24(8-6-23)33-21-45-37(47-33)32-3-1-15-44-32)9-11-28(30)29-12-10-27(20-31(29)41)34-22-46-38(48-34)35-4-2-16-50(35)39(51)36(49-40(52)53)25-13-17-54-18-14-25/h5-12,19-22,25,32,35-36,44,49H,1-4,13-18H2,(H,45,47)(H,46,48)(H,52,53)/t32-,35-,36-/m0/s1. The predicted octanol–water partition coefficient (Wildman–Crippen LogP) is 7.41. The van der Waals surface area contributed by atoms with E-state index in [1.54, 1.807) is 29.3 Å². The smallest absolute Gasteiger partial charge is 0.405 e. The highest BCUT2D eigenvalue weighted by Gasteiger charge is 2.45. The Kier molecular flexibility index (Phi) is 8.77. The van der Waals surface area contributed by atoms with Gasteiger partial charge in [-0.25, -0.2) is 14.8 Å². The number of aromatic amines is 2. The number of imidazole rings is 2. The Morgan fingerprint density at radius 3 is 2.15 bits per heavy atom. The van der Waals surface area contributed by atoms with E-state index in [2.05, 4.69) is 30.6 Å². The fourth-order valence-electron chi connectivity index (χ4n) is 8.70. The Labute approximate surface area is 310 Å². The van der Waals surface area contributed by atoms with E-state index in [1.807, 2.05) is 42.6 Å². The summed E-state index contributed by atoms with van der Waals surface area (Å²) in [5, 5.41) is 15.4. The summed E-state index contributed by atoms with van der Waals surface area (Å²) in [6.07, 6.45) is 6.96. The van der Waals surface area contributed by atoms with Crippen molar-refractivity contribution < 1.29 is 28.2 Å². The third-order valence-corrected chi connectivity index (χ3v) is 11.6. The van der Waals surface area contributed by atoms with Crippen LogP contribution in [0.2, 0.25) is 0 Å². The van der Waals surface area contributed by atoms with Crippen LogP contribution in [0.3, 0.4) is 0 Å². The van der Waals surface area contributed by atoms with Crippen molar-refractivity contribution in [3.8, 4) is 44.8 Å². The van der Waals surface area contributed by atoms with Crippen molar-refractivity contribution in [3.05, 3.63) is 95.8 Å². The second kappa shape index (κ2) is 13.8. The quantitative estimate of drug-likeness (QED) is 0.112. The number of ether oxygens (including phenoxy) is 1. The Bertz CT molecular complexity index is 2200. The first-order valence-electron chi connectivity index (χ1n) is 18.7. The Balaban J connectivity index is 0.933. The maximum Gasteiger partial charge on any atom is 0.405 e. The van der Waals surface area contributed by atoms with Gasteiger partial charge in [0.05, 0.1) is 35.9 Å². The van der Waals surface area contributed by atoms with Crippen molar-refractivity contribution in [1.82, 2.24) is 35.5 Å². The van der Waals surface area contributed by atoms with Crippen LogP contribution in [0.1, 0.15) is 73.4 Å². The molecule has 2 amide bonds. The first-order chi connectivity index (χ1) is 26.2. The molecular formula is C41H41F2N7O4. The van der Waals surface area contributed by atoms with Gasteiger partial charge in [-0.05, 0) is 90.9 Å². The van der Waals surface area contributed by atoms with Crippen molar-refractivity contribution >= 4 is 12.0 Å². The third kappa shape index (κ3) is 6.14. The number of nitrogens with zero attached hydrogens (tertiary/aromatic N) is 3. The number of carbonyl (C=O) groups is 2. The van der Waals surface area contributed by atoms with Gasteiger partial charge >= 0.3 is 6.09 Å². The molecule has 5 heterocycles. The van der Waals surface area contributed by atoms with E-state index in [0.717, 1.165) is 48.5 Å². The molecule has 54 heavy (non-hydrogen) atoms. The van der Waals surface area contributed by atoms with E-state index in [1.165, 1.54) is 6.07 Å². The molecule has 3 saturated heterocycles. The SMILES string of the molecule is O=C(O)N[C@H](C(=O)N1CCC[C@H]1c1ncc(-c2ccc3c(c2)C(F)(F)c2cc(-c4ccc(-c5cnc([C@@H]6CCCN6)[nH]5)cc4)ccc2-3)[nH]1)C1CCOCC1. The molecule has 0 bridgehead atoms. The second-order valence-electron chi connectivity index (χ2n) is 14.8. The molecule has 0 saturated carbocycles. The molecule has 3 fully saturated rings. The number of likely N-dealkylation sites (tertiary alicyclic amines) is 1. The molecule has 5 N–H and O–H groups in total. The molecule has 2 aromatic heterocycles. The second-order valence-corrected chi connectivity index (χ2v) is 14.8. The molecule has 1 aliphatic carbocycles. The minimum Gasteiger partial charge on any atom is -0.465 e. The summed E-state index contributed by atoms with van der Waals surface area (Å²) in [4.78, 5) is 43.1. The molecule has 3 atom stereocenters. The lowest BCUT2D eigenvalue weighted by Gasteiger charge is -2.33. The van der Waals surface area contributed by atoms with Crippen LogP contribution in [0.5, 0.6) is 0 Å². The van der Waals surface area contributed by atoms with E-state index in [9.17, 15) is 14.7 Å². The summed E-state index contributed by atoms with van der Waals surface area (Å²) >= 11 is 0. The van der Waals surface area contributed by atoms with Crippen molar-refractivity contribution in [2.24, 2.45) is 5.92 Å². The molecule has 5 aromatic rings. The molecule has 3 aliphatic heterocycles. The number of aromatic nitrogens is 4. The summed E-state index contributed by atoms with van der Waals surface area (Å²) < 4.78 is 38.1. The summed E-state index contributed by atoms with van der Waals surface area (Å²) in [5.74, 6) is -2.18. The number of hydrogen-bond donors (Lipinski definition) is 5. The topological polar surface area (TPSA) is 148 Å². The zero-order valence-electron chi connectivity index (χ0n) is 29.6. The van der Waals surface area contributed by atoms with Gasteiger partial charge in [0.15, 0.2) is 0 Å². The zero-order chi connectivity index (χ0) is 37.0. The number of amides is 2. The number of fused-ring (bicyclic) bond motifs is 3. The lowest BCUT2D eigenvalue weighted by Crippen LogP contribution is -2.52. The molecule has 0 radical (unpaired) electrons. The van der Waals surface area contributed by atoms with Crippen molar-refractivity contribution in [1.29, 1.82) is 0 Å². The van der Waals surface area contributed by atoms with Gasteiger partial charge in [-0.1, -0.05) is 48.5 Å². The number of rotatable bonds is 8. The van der Waals surface area contributed by atoms with Crippen molar-refractivity contribution in [2.45, 2.75) is 62.6 Å². The van der Waals surface area contributed by atoms with Gasteiger partial charge in [0.25, 0.3) is 5.92 Å². The molecule has 13 heteroatoms. The number of H-pyrrole nitrogens is 2. The summed E-state index contributed by atoms with van der Waals surface area (Å²) in [6.45, 7) is 2.42. The highest BCUT2D eigenvalue weighted by atomic mass is 19.3. The van der Waals surface area contributed by atoms with Crippen molar-refractivity contribution in [2.75, 3.05) is 26.3 Å². The fourth-order valence-corrected chi connectivity index (χ4v) is 8.70. The van der Waals surface area contributed by atoms with Crippen molar-refractivity contribution in [3.63, 3.8) is 0 Å². The van der Waals surface area contributed by atoms with E-state index < -0.39 is 18.1 Å². The molecule has 0 spiro atoms. The molecular weight excluding hydrogens is 692 g/mol. The van der Waals surface area contributed by atoms with Crippen LogP contribution in [-0.2, 0) is 15.5 Å². The minimum absolute atomic E-state index is 0.0297. The average Bonchev–Trinajstić information content (AvgIpc) is 4.05. The normalized spacial score (nSPS) is 21.2. The van der Waals surface area contributed by atoms with Crippen LogP contribution >= 0.6 is 0 Å². The number of alkyl halides is 2. The van der Waals surface area contributed by atoms with Crippen LogP contribution in [-0.4, -0.2) is 74.3 Å². The number of halogens is 2. The Morgan fingerprint density at radius 1 is 0.815 bits per heavy atom. The predicted molar refractivity (Wildman–Crippen MR) is 198 cm³/mol. The average molecular weight is 734 g/mol. The number of carboxylic acid groups (broad SMARTS) is 1. The van der Waals surface area contributed by atoms with Gasteiger partial charge in [0.1, 0.15) is 17.7 Å². The zero-order valence-corrected chi connectivity index (χ0v) is 29.6. The van der Waals surface area contributed by atoms with Gasteiger partial charge in [0, 0.05) is 36.4 Å². The molecule has 278 valence electrons. The van der Waals surface area contributed by atoms with Gasteiger partial charge in [-0.2, -0.15) is 8.78 Å². The number of carbonyl (C=O) groups excluding carboxylic acids is 1. The number of hydrogen-bond acceptors (Lipinski definition) is 6. The van der Waals surface area contributed by atoms with E-state index in [-0.39, 0.29) is 35.0 Å². The molecule has 0 unspecified atom stereocenters. The number of nitrogens with one attached hydrogen (secondary N) is 4. The van der Waals surface area contributed by atoms with E-state index in [0.29, 0.717) is 72.8 Å². The lowest BCUT2D eigenvalue weighted by molar-refractivity contribution is -0.136. The highest BCUT2D eigenvalue weighted by molar-refractivity contribution is 5.87. The van der Waals surface area contributed by atoms with Gasteiger partial charge < -0.3 is 35.3 Å². The molecule has 11 nitrogen and oxygen atoms in total. The number of benzene rings is 3. The molecule has 3 aromatic carbocycles. The van der Waals surface area contributed by atoms with Crippen LogP contribution in [0, 0.1) is 5.92 Å². The lowest BCUT2D eigenvalue weighted by atomic mass is 9.90. The van der Waals surface area contributed by atoms with E-state index >= 15 is 8.78 Å². The Morgan fingerprint density at radius 2 is 1.44 bits per heavy atom. The largest absolute Gasteiger partial charge is 0.465 e. The maximum atomic E-state index is 16.3. The first-order valence-corrected chi connectivity index (χ1v) is 18.7. The van der Waals surface area contributed by atoms with Crippen LogP contribution in [0.25, 0.3) is 44.8 Å². The fraction of sp³-hybridized carbons (Fsp3) is 0.366. The summed E-state index contributed by atoms with van der Waals surface area (Å²) in [5.41, 5.74) is 5.47. The molecule has 4 aliphatic rings. The maximum absolute atomic E-state index is 16.3. The van der Waals surface area contributed by atoms with Crippen LogP contribution in [0.4, 0.5) is 13.6 Å². The minimum atomic E-state index is -3.22. The monoisotopic (exact) mass is 733 g/mol. The summed E-state index contributed by atoms with van der Waals surface area (Å²) in [7, 11) is 0. The van der Waals surface area contributed by atoms with Crippen LogP contribution < -0.4 is 10.6 Å². The summed E-state index contributed by atoms with van der Waals surface area (Å²) in [6, 6.07) is 17.2. The Hall–Kier alpha value is -5.40. The third-order valence-electron chi connectivity index (χ3n) is 11.6. The highest BCUT2D eigenvalue weighted by Crippen LogP contribution is 2.52. The van der Waals surface area contributed by atoms with Gasteiger partial charge in [0.2, 0.25) is 5.91 Å². The van der Waals surface area contributed by atoms with Gasteiger partial charge in [-0.3, -0.25) is 4.79 Å².